The van der Waals surface area contributed by atoms with Crippen molar-refractivity contribution >= 4 is 0 Å². The monoisotopic (exact) mass is 324 g/mol. The standard InChI is InChI=1S/C21H25FN2/c1-3-24(4-2)16-15-23-17-19-7-11-21(12-8-19)20-9-5-18(6-10-20)13-14-22/h5-12,23H,3-4,15-17H2,1-2H3. The summed E-state index contributed by atoms with van der Waals surface area (Å²) in [5.74, 6) is 2.41. The van der Waals surface area contributed by atoms with E-state index in [0.717, 1.165) is 43.9 Å². The molecule has 0 bridgehead atoms. The number of nitrogens with one attached hydrogen (secondary N) is 1. The van der Waals surface area contributed by atoms with Crippen molar-refractivity contribution in [2.24, 2.45) is 0 Å². The van der Waals surface area contributed by atoms with Crippen molar-refractivity contribution in [1.82, 2.24) is 10.2 Å². The Bertz CT molecular complexity index is 662. The Labute approximate surface area is 144 Å². The maximum Gasteiger partial charge on any atom is 0.111 e. The van der Waals surface area contributed by atoms with Crippen molar-refractivity contribution in [2.45, 2.75) is 20.4 Å². The van der Waals surface area contributed by atoms with Crippen molar-refractivity contribution in [1.29, 1.82) is 0 Å². The van der Waals surface area contributed by atoms with Crippen LogP contribution >= 0.6 is 0 Å². The second kappa shape index (κ2) is 9.87. The van der Waals surface area contributed by atoms with Crippen molar-refractivity contribution in [3.8, 4) is 23.2 Å². The largest absolute Gasteiger partial charge is 0.311 e. The molecule has 0 amide bonds. The summed E-state index contributed by atoms with van der Waals surface area (Å²) in [4.78, 5) is 2.41. The van der Waals surface area contributed by atoms with E-state index in [9.17, 15) is 4.39 Å². The summed E-state index contributed by atoms with van der Waals surface area (Å²) in [5.41, 5.74) is 4.23. The topological polar surface area (TPSA) is 15.3 Å². The van der Waals surface area contributed by atoms with Crippen LogP contribution in [0.4, 0.5) is 4.39 Å². The second-order valence-electron chi connectivity index (χ2n) is 5.70. The fourth-order valence-electron chi connectivity index (χ4n) is 2.63. The molecule has 2 nitrogen and oxygen atoms in total. The van der Waals surface area contributed by atoms with Gasteiger partial charge >= 0.3 is 0 Å². The van der Waals surface area contributed by atoms with Gasteiger partial charge in [0.25, 0.3) is 0 Å². The van der Waals surface area contributed by atoms with Crippen LogP contribution in [0.15, 0.2) is 48.5 Å². The maximum absolute atomic E-state index is 12.0. The first kappa shape index (κ1) is 18.2. The molecule has 2 aromatic carbocycles. The van der Waals surface area contributed by atoms with Gasteiger partial charge in [-0.3, -0.25) is 0 Å². The Balaban J connectivity index is 1.87. The summed E-state index contributed by atoms with van der Waals surface area (Å²) in [6, 6.07) is 16.2. The highest BCUT2D eigenvalue weighted by Gasteiger charge is 2.00. The molecule has 0 spiro atoms. The second-order valence-corrected chi connectivity index (χ2v) is 5.70. The summed E-state index contributed by atoms with van der Waals surface area (Å²) in [5, 5.41) is 3.49. The molecule has 0 fully saturated rings. The molecule has 0 saturated carbocycles. The van der Waals surface area contributed by atoms with Gasteiger partial charge in [0.1, 0.15) is 6.17 Å². The van der Waals surface area contributed by atoms with Crippen LogP contribution < -0.4 is 5.32 Å². The van der Waals surface area contributed by atoms with E-state index in [1.807, 2.05) is 24.3 Å². The van der Waals surface area contributed by atoms with Crippen molar-refractivity contribution in [2.75, 3.05) is 26.2 Å². The Kier molecular flexibility index (Phi) is 7.48. The molecule has 0 aromatic heterocycles. The molecule has 0 aliphatic rings. The predicted molar refractivity (Wildman–Crippen MR) is 99.4 cm³/mol. The lowest BCUT2D eigenvalue weighted by molar-refractivity contribution is 0.302. The van der Waals surface area contributed by atoms with Crippen molar-refractivity contribution in [3.63, 3.8) is 0 Å². The van der Waals surface area contributed by atoms with Crippen LogP contribution in [0.25, 0.3) is 11.1 Å². The number of benzene rings is 2. The van der Waals surface area contributed by atoms with Crippen LogP contribution in [0.1, 0.15) is 25.0 Å². The summed E-state index contributed by atoms with van der Waals surface area (Å²) in [7, 11) is 0. The molecule has 2 rings (SSSR count). The Morgan fingerprint density at radius 1 is 0.917 bits per heavy atom. The lowest BCUT2D eigenvalue weighted by Gasteiger charge is -2.18. The highest BCUT2D eigenvalue weighted by atomic mass is 19.1. The van der Waals surface area contributed by atoms with E-state index in [4.69, 9.17) is 0 Å². The third kappa shape index (κ3) is 5.49. The average molecular weight is 324 g/mol. The summed E-state index contributed by atoms with van der Waals surface area (Å²) < 4.78 is 12.0. The lowest BCUT2D eigenvalue weighted by Crippen LogP contribution is -2.31. The first-order chi connectivity index (χ1) is 11.8. The maximum atomic E-state index is 12.0. The minimum Gasteiger partial charge on any atom is -0.311 e. The highest BCUT2D eigenvalue weighted by molar-refractivity contribution is 5.64. The average Bonchev–Trinajstić information content (AvgIpc) is 2.63. The van der Waals surface area contributed by atoms with Gasteiger partial charge in [-0.15, -0.1) is 4.39 Å². The highest BCUT2D eigenvalue weighted by Crippen LogP contribution is 2.20. The van der Waals surface area contributed by atoms with Gasteiger partial charge < -0.3 is 10.2 Å². The van der Waals surface area contributed by atoms with Crippen molar-refractivity contribution in [3.05, 3.63) is 59.7 Å². The number of likely N-dealkylation sites (N-methyl/N-ethyl adjacent to an activating group) is 1. The summed E-state index contributed by atoms with van der Waals surface area (Å²) in [6.07, 6.45) is 1.43. The number of rotatable bonds is 8. The molecule has 0 radical (unpaired) electrons. The minimum absolute atomic E-state index is 0.690. The fourth-order valence-corrected chi connectivity index (χ4v) is 2.63. The Morgan fingerprint density at radius 2 is 1.50 bits per heavy atom. The predicted octanol–water partition coefficient (Wildman–Crippen LogP) is 4.06. The summed E-state index contributed by atoms with van der Waals surface area (Å²) in [6.45, 7) is 9.55. The molecule has 1 N–H and O–H groups in total. The molecular weight excluding hydrogens is 299 g/mol. The van der Waals surface area contributed by atoms with Gasteiger partial charge in [0.15, 0.2) is 0 Å². The Hall–Kier alpha value is -2.15. The zero-order valence-corrected chi connectivity index (χ0v) is 14.5. The third-order valence-corrected chi connectivity index (χ3v) is 4.19. The number of nitrogens with zero attached hydrogens (tertiary/aromatic N) is 1. The molecule has 0 saturated heterocycles. The van der Waals surface area contributed by atoms with E-state index in [0.29, 0.717) is 5.56 Å². The Morgan fingerprint density at radius 3 is 2.04 bits per heavy atom. The molecule has 24 heavy (non-hydrogen) atoms. The van der Waals surface area contributed by atoms with Gasteiger partial charge in [-0.05, 0) is 47.8 Å². The van der Waals surface area contributed by atoms with E-state index < -0.39 is 0 Å². The normalized spacial score (nSPS) is 10.5. The molecule has 0 unspecified atom stereocenters. The molecule has 0 aliphatic heterocycles. The SMILES string of the molecule is CCN(CC)CCNCc1ccc(-c2ccc(C#CF)cc2)cc1. The van der Waals surface area contributed by atoms with Gasteiger partial charge in [-0.25, -0.2) is 0 Å². The molecular formula is C21H25FN2. The van der Waals surface area contributed by atoms with Gasteiger partial charge in [0.2, 0.25) is 0 Å². The molecule has 2 aromatic rings. The van der Waals surface area contributed by atoms with E-state index in [-0.39, 0.29) is 0 Å². The van der Waals surface area contributed by atoms with Crippen LogP contribution in [-0.4, -0.2) is 31.1 Å². The van der Waals surface area contributed by atoms with E-state index in [1.54, 1.807) is 0 Å². The fraction of sp³-hybridized carbons (Fsp3) is 0.333. The van der Waals surface area contributed by atoms with E-state index >= 15 is 0 Å². The van der Waals surface area contributed by atoms with Gasteiger partial charge in [0.05, 0.1) is 0 Å². The quantitative estimate of drug-likeness (QED) is 0.582. The van der Waals surface area contributed by atoms with Crippen LogP contribution in [0, 0.1) is 12.1 Å². The molecule has 3 heteroatoms. The van der Waals surface area contributed by atoms with Crippen LogP contribution in [0.2, 0.25) is 0 Å². The zero-order valence-electron chi connectivity index (χ0n) is 14.5. The van der Waals surface area contributed by atoms with Crippen molar-refractivity contribution < 1.29 is 4.39 Å². The van der Waals surface area contributed by atoms with Crippen LogP contribution in [0.5, 0.6) is 0 Å². The third-order valence-electron chi connectivity index (χ3n) is 4.19. The molecule has 0 atom stereocenters. The molecule has 0 aliphatic carbocycles. The molecule has 0 heterocycles. The van der Waals surface area contributed by atoms with Gasteiger partial charge in [-0.1, -0.05) is 50.2 Å². The molecule has 126 valence electrons. The van der Waals surface area contributed by atoms with E-state index in [1.165, 1.54) is 11.7 Å². The minimum atomic E-state index is 0.690. The number of hydrogen-bond donors (Lipinski definition) is 1. The number of halogens is 1. The van der Waals surface area contributed by atoms with E-state index in [2.05, 4.69) is 54.3 Å². The first-order valence-electron chi connectivity index (χ1n) is 8.51. The van der Waals surface area contributed by atoms with Gasteiger partial charge in [0, 0.05) is 25.2 Å². The summed E-state index contributed by atoms with van der Waals surface area (Å²) >= 11 is 0. The van der Waals surface area contributed by atoms with Crippen LogP contribution in [-0.2, 0) is 6.54 Å². The van der Waals surface area contributed by atoms with Gasteiger partial charge in [-0.2, -0.15) is 0 Å². The number of hydrogen-bond acceptors (Lipinski definition) is 2. The van der Waals surface area contributed by atoms with Crippen LogP contribution in [0.3, 0.4) is 0 Å². The lowest BCUT2D eigenvalue weighted by atomic mass is 10.0. The zero-order chi connectivity index (χ0) is 17.2. The first-order valence-corrected chi connectivity index (χ1v) is 8.51. The smallest absolute Gasteiger partial charge is 0.111 e.